The van der Waals surface area contributed by atoms with Crippen molar-refractivity contribution < 1.29 is 14.6 Å². The van der Waals surface area contributed by atoms with Crippen molar-refractivity contribution in [1.82, 2.24) is 0 Å². The second-order valence-corrected chi connectivity index (χ2v) is 4.51. The Labute approximate surface area is 97.2 Å². The standard InChI is InChI=1S/C11H13BrO3/c1-7(2)6-15-10-5-8(11(13)14)3-4-9(10)12/h3-5,7H,6H2,1-2H3,(H,13,14). The molecule has 1 aromatic rings. The number of ether oxygens (including phenoxy) is 1. The van der Waals surface area contributed by atoms with E-state index in [2.05, 4.69) is 15.9 Å². The molecule has 1 N–H and O–H groups in total. The molecule has 0 saturated heterocycles. The lowest BCUT2D eigenvalue weighted by Gasteiger charge is -2.10. The predicted molar refractivity (Wildman–Crippen MR) is 61.4 cm³/mol. The largest absolute Gasteiger partial charge is 0.492 e. The van der Waals surface area contributed by atoms with Crippen LogP contribution in [0.3, 0.4) is 0 Å². The van der Waals surface area contributed by atoms with Crippen LogP contribution in [0.15, 0.2) is 22.7 Å². The molecule has 0 fully saturated rings. The molecule has 0 spiro atoms. The Kier molecular flexibility index (Phi) is 4.15. The summed E-state index contributed by atoms with van der Waals surface area (Å²) in [6, 6.07) is 4.74. The summed E-state index contributed by atoms with van der Waals surface area (Å²) in [5, 5.41) is 8.81. The van der Waals surface area contributed by atoms with Crippen LogP contribution < -0.4 is 4.74 Å². The SMILES string of the molecule is CC(C)COc1cc(C(=O)O)ccc1Br. The van der Waals surface area contributed by atoms with Gasteiger partial charge in [-0.3, -0.25) is 0 Å². The van der Waals surface area contributed by atoms with Gasteiger partial charge in [0.15, 0.2) is 0 Å². The monoisotopic (exact) mass is 272 g/mol. The van der Waals surface area contributed by atoms with E-state index in [1.54, 1.807) is 6.07 Å². The highest BCUT2D eigenvalue weighted by Crippen LogP contribution is 2.26. The van der Waals surface area contributed by atoms with Gasteiger partial charge in [-0.1, -0.05) is 13.8 Å². The van der Waals surface area contributed by atoms with Crippen molar-refractivity contribution in [3.63, 3.8) is 0 Å². The third kappa shape index (κ3) is 3.55. The number of hydrogen-bond acceptors (Lipinski definition) is 2. The van der Waals surface area contributed by atoms with Gasteiger partial charge >= 0.3 is 5.97 Å². The van der Waals surface area contributed by atoms with Crippen LogP contribution in [0.5, 0.6) is 5.75 Å². The second kappa shape index (κ2) is 5.16. The summed E-state index contributed by atoms with van der Waals surface area (Å²) in [6.45, 7) is 4.64. The Morgan fingerprint density at radius 1 is 1.53 bits per heavy atom. The zero-order valence-electron chi connectivity index (χ0n) is 8.66. The van der Waals surface area contributed by atoms with Gasteiger partial charge in [0.2, 0.25) is 0 Å². The van der Waals surface area contributed by atoms with Crippen molar-refractivity contribution >= 4 is 21.9 Å². The predicted octanol–water partition coefficient (Wildman–Crippen LogP) is 3.18. The molecule has 0 atom stereocenters. The average Bonchev–Trinajstić information content (AvgIpc) is 2.16. The number of carboxylic acids is 1. The van der Waals surface area contributed by atoms with E-state index in [1.165, 1.54) is 12.1 Å². The van der Waals surface area contributed by atoms with Crippen molar-refractivity contribution in [2.75, 3.05) is 6.61 Å². The van der Waals surface area contributed by atoms with Gasteiger partial charge in [-0.2, -0.15) is 0 Å². The highest BCUT2D eigenvalue weighted by Gasteiger charge is 2.08. The highest BCUT2D eigenvalue weighted by atomic mass is 79.9. The Hall–Kier alpha value is -1.03. The Balaban J connectivity index is 2.85. The number of benzene rings is 1. The maximum absolute atomic E-state index is 10.7. The normalized spacial score (nSPS) is 10.4. The van der Waals surface area contributed by atoms with Crippen LogP contribution >= 0.6 is 15.9 Å². The summed E-state index contributed by atoms with van der Waals surface area (Å²) in [5.74, 6) is 0.0332. The lowest BCUT2D eigenvalue weighted by molar-refractivity contribution is 0.0696. The Morgan fingerprint density at radius 2 is 2.20 bits per heavy atom. The zero-order chi connectivity index (χ0) is 11.4. The van der Waals surface area contributed by atoms with Crippen molar-refractivity contribution in [2.45, 2.75) is 13.8 Å². The Morgan fingerprint density at radius 3 is 2.73 bits per heavy atom. The minimum Gasteiger partial charge on any atom is -0.492 e. The van der Waals surface area contributed by atoms with E-state index in [9.17, 15) is 4.79 Å². The smallest absolute Gasteiger partial charge is 0.335 e. The van der Waals surface area contributed by atoms with Crippen molar-refractivity contribution in [2.24, 2.45) is 5.92 Å². The lowest BCUT2D eigenvalue weighted by atomic mass is 10.2. The minimum absolute atomic E-state index is 0.233. The van der Waals surface area contributed by atoms with Gasteiger partial charge in [0, 0.05) is 0 Å². The lowest BCUT2D eigenvalue weighted by Crippen LogP contribution is -2.06. The number of rotatable bonds is 4. The van der Waals surface area contributed by atoms with Gasteiger partial charge < -0.3 is 9.84 Å². The molecule has 1 rings (SSSR count). The van der Waals surface area contributed by atoms with Crippen molar-refractivity contribution in [1.29, 1.82) is 0 Å². The van der Waals surface area contributed by atoms with Crippen LogP contribution in [0.1, 0.15) is 24.2 Å². The summed E-state index contributed by atoms with van der Waals surface area (Å²) < 4.78 is 6.25. The molecule has 0 aromatic heterocycles. The molecular formula is C11H13BrO3. The molecule has 82 valence electrons. The fourth-order valence-corrected chi connectivity index (χ4v) is 1.36. The highest BCUT2D eigenvalue weighted by molar-refractivity contribution is 9.10. The van der Waals surface area contributed by atoms with E-state index in [1.807, 2.05) is 13.8 Å². The van der Waals surface area contributed by atoms with Crippen LogP contribution in [0, 0.1) is 5.92 Å². The van der Waals surface area contributed by atoms with Crippen LogP contribution in [0.25, 0.3) is 0 Å². The van der Waals surface area contributed by atoms with E-state index >= 15 is 0 Å². The third-order valence-corrected chi connectivity index (χ3v) is 2.41. The second-order valence-electron chi connectivity index (χ2n) is 3.66. The molecule has 4 heteroatoms. The number of carboxylic acid groups (broad SMARTS) is 1. The summed E-state index contributed by atoms with van der Waals surface area (Å²) in [4.78, 5) is 10.7. The zero-order valence-corrected chi connectivity index (χ0v) is 10.2. The summed E-state index contributed by atoms with van der Waals surface area (Å²) in [5.41, 5.74) is 0.233. The molecule has 3 nitrogen and oxygen atoms in total. The minimum atomic E-state index is -0.947. The van der Waals surface area contributed by atoms with Crippen LogP contribution in [-0.4, -0.2) is 17.7 Å². The van der Waals surface area contributed by atoms with Gasteiger partial charge in [0.05, 0.1) is 16.6 Å². The van der Waals surface area contributed by atoms with E-state index in [4.69, 9.17) is 9.84 Å². The molecule has 0 unspecified atom stereocenters. The maximum atomic E-state index is 10.7. The van der Waals surface area contributed by atoms with E-state index in [0.29, 0.717) is 18.3 Å². The summed E-state index contributed by atoms with van der Waals surface area (Å²) in [7, 11) is 0. The van der Waals surface area contributed by atoms with Gasteiger partial charge in [0.25, 0.3) is 0 Å². The topological polar surface area (TPSA) is 46.5 Å². The fraction of sp³-hybridized carbons (Fsp3) is 0.364. The maximum Gasteiger partial charge on any atom is 0.335 e. The van der Waals surface area contributed by atoms with Crippen LogP contribution in [-0.2, 0) is 0 Å². The molecular weight excluding hydrogens is 260 g/mol. The molecule has 0 aliphatic heterocycles. The number of aromatic carboxylic acids is 1. The molecule has 0 aliphatic rings. The molecule has 0 aliphatic carbocycles. The van der Waals surface area contributed by atoms with E-state index in [-0.39, 0.29) is 5.56 Å². The van der Waals surface area contributed by atoms with Crippen LogP contribution in [0.4, 0.5) is 0 Å². The summed E-state index contributed by atoms with van der Waals surface area (Å²) in [6.07, 6.45) is 0. The first-order valence-corrected chi connectivity index (χ1v) is 5.45. The molecule has 15 heavy (non-hydrogen) atoms. The number of carbonyl (C=O) groups is 1. The molecule has 1 aromatic carbocycles. The fourth-order valence-electron chi connectivity index (χ4n) is 1.00. The quantitative estimate of drug-likeness (QED) is 0.916. The van der Waals surface area contributed by atoms with Gasteiger partial charge in [-0.25, -0.2) is 4.79 Å². The molecule has 0 bridgehead atoms. The third-order valence-electron chi connectivity index (χ3n) is 1.75. The van der Waals surface area contributed by atoms with Crippen molar-refractivity contribution in [3.05, 3.63) is 28.2 Å². The molecule has 0 heterocycles. The summed E-state index contributed by atoms with van der Waals surface area (Å²) >= 11 is 3.31. The first-order chi connectivity index (χ1) is 7.00. The Bertz CT molecular complexity index is 361. The number of hydrogen-bond donors (Lipinski definition) is 1. The van der Waals surface area contributed by atoms with E-state index in [0.717, 1.165) is 4.47 Å². The average molecular weight is 273 g/mol. The van der Waals surface area contributed by atoms with Crippen molar-refractivity contribution in [3.8, 4) is 5.75 Å². The molecule has 0 saturated carbocycles. The first kappa shape index (κ1) is 12.0. The van der Waals surface area contributed by atoms with Crippen LogP contribution in [0.2, 0.25) is 0 Å². The van der Waals surface area contributed by atoms with E-state index < -0.39 is 5.97 Å². The first-order valence-electron chi connectivity index (χ1n) is 4.66. The van der Waals surface area contributed by atoms with Gasteiger partial charge in [0.1, 0.15) is 5.75 Å². The number of halogens is 1. The van der Waals surface area contributed by atoms with Gasteiger partial charge in [-0.15, -0.1) is 0 Å². The molecule has 0 amide bonds. The molecule has 0 radical (unpaired) electrons. The van der Waals surface area contributed by atoms with Gasteiger partial charge in [-0.05, 0) is 40.0 Å².